The Balaban J connectivity index is 1.71. The fourth-order valence-electron chi connectivity index (χ4n) is 5.46. The maximum Gasteiger partial charge on any atom is 0.311 e. The molecule has 0 bridgehead atoms. The molecule has 7 heteroatoms. The van der Waals surface area contributed by atoms with E-state index in [1.54, 1.807) is 48.5 Å². The van der Waals surface area contributed by atoms with Crippen molar-refractivity contribution in [2.24, 2.45) is 5.92 Å². The Morgan fingerprint density at radius 3 is 2.21 bits per heavy atom. The number of para-hydroxylation sites is 1. The zero-order chi connectivity index (χ0) is 23.9. The average molecular weight is 456 g/mol. The van der Waals surface area contributed by atoms with Crippen molar-refractivity contribution < 1.29 is 19.2 Å². The summed E-state index contributed by atoms with van der Waals surface area (Å²) in [5.74, 6) is -2.70. The first-order valence-electron chi connectivity index (χ1n) is 11.4. The van der Waals surface area contributed by atoms with Gasteiger partial charge in [-0.15, -0.1) is 0 Å². The van der Waals surface area contributed by atoms with E-state index in [0.29, 0.717) is 23.2 Å². The van der Waals surface area contributed by atoms with Crippen LogP contribution in [-0.4, -0.2) is 22.8 Å². The van der Waals surface area contributed by atoms with Gasteiger partial charge in [-0.2, -0.15) is 0 Å². The molecule has 2 aliphatic heterocycles. The lowest BCUT2D eigenvalue weighted by atomic mass is 9.69. The van der Waals surface area contributed by atoms with Crippen LogP contribution in [0, 0.1) is 16.0 Å². The van der Waals surface area contributed by atoms with Crippen LogP contribution in [0.25, 0.3) is 0 Å². The van der Waals surface area contributed by atoms with E-state index in [1.807, 2.05) is 43.3 Å². The predicted octanol–water partition coefficient (Wildman–Crippen LogP) is 4.44. The molecular weight excluding hydrogens is 432 g/mol. The van der Waals surface area contributed by atoms with Crippen molar-refractivity contribution in [3.8, 4) is 0 Å². The zero-order valence-corrected chi connectivity index (χ0v) is 18.7. The third-order valence-corrected chi connectivity index (χ3v) is 6.95. The first-order chi connectivity index (χ1) is 16.5. The van der Waals surface area contributed by atoms with Crippen molar-refractivity contribution >= 4 is 17.6 Å². The van der Waals surface area contributed by atoms with E-state index in [4.69, 9.17) is 4.74 Å². The Morgan fingerprint density at radius 1 is 0.941 bits per heavy atom. The number of nitro groups is 1. The van der Waals surface area contributed by atoms with Gasteiger partial charge in [-0.1, -0.05) is 85.8 Å². The number of esters is 1. The fourth-order valence-corrected chi connectivity index (χ4v) is 5.46. The minimum Gasteiger partial charge on any atom is -0.436 e. The molecule has 5 rings (SSSR count). The minimum absolute atomic E-state index is 0.216. The lowest BCUT2D eigenvalue weighted by Crippen LogP contribution is -2.62. The number of carbonyl (C=O) groups excluding carboxylic acids is 2. The van der Waals surface area contributed by atoms with E-state index in [2.05, 4.69) is 0 Å². The monoisotopic (exact) mass is 456 g/mol. The second kappa shape index (κ2) is 8.41. The van der Waals surface area contributed by atoms with Crippen LogP contribution < -0.4 is 4.90 Å². The van der Waals surface area contributed by atoms with Crippen LogP contribution in [0.5, 0.6) is 0 Å². The summed E-state index contributed by atoms with van der Waals surface area (Å²) in [5, 5.41) is 12.7. The molecule has 172 valence electrons. The van der Waals surface area contributed by atoms with Crippen molar-refractivity contribution in [3.05, 3.63) is 112 Å². The molecule has 4 atom stereocenters. The quantitative estimate of drug-likeness (QED) is 0.322. The van der Waals surface area contributed by atoms with Crippen LogP contribution in [0.3, 0.4) is 0 Å². The van der Waals surface area contributed by atoms with E-state index in [9.17, 15) is 19.7 Å². The normalized spacial score (nSPS) is 25.8. The Kier molecular flexibility index (Phi) is 5.40. The first kappa shape index (κ1) is 21.8. The van der Waals surface area contributed by atoms with Gasteiger partial charge in [0.2, 0.25) is 0 Å². The van der Waals surface area contributed by atoms with Gasteiger partial charge in [-0.25, -0.2) is 0 Å². The lowest BCUT2D eigenvalue weighted by Gasteiger charge is -2.42. The highest BCUT2D eigenvalue weighted by Crippen LogP contribution is 2.54. The maximum absolute atomic E-state index is 14.1. The third-order valence-electron chi connectivity index (χ3n) is 6.95. The number of nitrogens with zero attached hydrogens (tertiary/aromatic N) is 2. The summed E-state index contributed by atoms with van der Waals surface area (Å²) in [6.45, 7) is 2.02. The number of ether oxygens (including phenoxy) is 1. The molecule has 1 spiro atoms. The molecule has 3 aromatic carbocycles. The van der Waals surface area contributed by atoms with Gasteiger partial charge in [-0.3, -0.25) is 19.7 Å². The molecule has 2 aliphatic rings. The third kappa shape index (κ3) is 3.19. The smallest absolute Gasteiger partial charge is 0.311 e. The number of amides is 1. The molecule has 7 nitrogen and oxygen atoms in total. The average Bonchev–Trinajstić information content (AvgIpc) is 3.07. The van der Waals surface area contributed by atoms with Gasteiger partial charge in [-0.05, 0) is 23.6 Å². The molecule has 0 unspecified atom stereocenters. The van der Waals surface area contributed by atoms with Gasteiger partial charge in [0.1, 0.15) is 0 Å². The highest BCUT2D eigenvalue weighted by atomic mass is 16.6. The molecule has 0 aliphatic carbocycles. The number of hydrogen-bond acceptors (Lipinski definition) is 5. The molecule has 0 N–H and O–H groups in total. The molecule has 1 saturated heterocycles. The van der Waals surface area contributed by atoms with Crippen LogP contribution in [0.2, 0.25) is 0 Å². The summed E-state index contributed by atoms with van der Waals surface area (Å²) in [4.78, 5) is 41.3. The van der Waals surface area contributed by atoms with E-state index in [1.165, 1.54) is 4.90 Å². The summed E-state index contributed by atoms with van der Waals surface area (Å²) in [7, 11) is 0. The van der Waals surface area contributed by atoms with Gasteiger partial charge < -0.3 is 9.64 Å². The van der Waals surface area contributed by atoms with E-state index >= 15 is 0 Å². The molecule has 34 heavy (non-hydrogen) atoms. The van der Waals surface area contributed by atoms with Crippen LogP contribution in [0.1, 0.15) is 36.0 Å². The zero-order valence-electron chi connectivity index (χ0n) is 18.7. The van der Waals surface area contributed by atoms with Crippen molar-refractivity contribution in [2.45, 2.75) is 37.5 Å². The Bertz CT molecular complexity index is 1250. The van der Waals surface area contributed by atoms with Crippen LogP contribution in [-0.2, 0) is 26.5 Å². The molecule has 0 saturated carbocycles. The number of benzene rings is 3. The van der Waals surface area contributed by atoms with Gasteiger partial charge in [0, 0.05) is 10.5 Å². The van der Waals surface area contributed by atoms with Crippen LogP contribution >= 0.6 is 0 Å². The van der Waals surface area contributed by atoms with Crippen LogP contribution in [0.15, 0.2) is 84.9 Å². The van der Waals surface area contributed by atoms with E-state index in [-0.39, 0.29) is 6.54 Å². The standard InChI is InChI=1S/C27H24N2O5/c1-2-20-23(19-13-7-4-8-14-19)24(29(32)33)27(34-25(20)30)21-15-9-10-16-22(21)28(26(27)31)17-18-11-5-3-6-12-18/h3-16,20,23-24H,2,17H2,1H3/t20-,23-,24+,27-/m1/s1. The van der Waals surface area contributed by atoms with Gasteiger partial charge in [0.05, 0.1) is 24.1 Å². The number of fused-ring (bicyclic) bond motifs is 2. The summed E-state index contributed by atoms with van der Waals surface area (Å²) < 4.78 is 5.90. The largest absolute Gasteiger partial charge is 0.436 e. The topological polar surface area (TPSA) is 89.8 Å². The Morgan fingerprint density at radius 2 is 1.56 bits per heavy atom. The number of rotatable bonds is 5. The number of anilines is 1. The summed E-state index contributed by atoms with van der Waals surface area (Å²) >= 11 is 0. The van der Waals surface area contributed by atoms with Gasteiger partial charge in [0.25, 0.3) is 17.6 Å². The van der Waals surface area contributed by atoms with Crippen molar-refractivity contribution in [2.75, 3.05) is 4.90 Å². The second-order valence-corrected chi connectivity index (χ2v) is 8.73. The summed E-state index contributed by atoms with van der Waals surface area (Å²) in [6.07, 6.45) is 0.363. The van der Waals surface area contributed by atoms with E-state index < -0.39 is 40.3 Å². The van der Waals surface area contributed by atoms with Crippen molar-refractivity contribution in [3.63, 3.8) is 0 Å². The molecule has 3 aromatic rings. The maximum atomic E-state index is 14.1. The van der Waals surface area contributed by atoms with Crippen LogP contribution in [0.4, 0.5) is 5.69 Å². The Hall–Kier alpha value is -4.00. The number of carbonyl (C=O) groups is 2. The van der Waals surface area contributed by atoms with Crippen molar-refractivity contribution in [1.29, 1.82) is 0 Å². The molecule has 2 heterocycles. The molecule has 1 fully saturated rings. The molecule has 0 aromatic heterocycles. The lowest BCUT2D eigenvalue weighted by molar-refractivity contribution is -0.552. The van der Waals surface area contributed by atoms with Crippen molar-refractivity contribution in [1.82, 2.24) is 0 Å². The fraction of sp³-hybridized carbons (Fsp3) is 0.259. The summed E-state index contributed by atoms with van der Waals surface area (Å²) in [6, 6.07) is 23.8. The highest BCUT2D eigenvalue weighted by Gasteiger charge is 2.71. The molecule has 1 amide bonds. The minimum atomic E-state index is -2.03. The van der Waals surface area contributed by atoms with Gasteiger partial charge >= 0.3 is 5.97 Å². The van der Waals surface area contributed by atoms with Gasteiger partial charge in [0.15, 0.2) is 0 Å². The summed E-state index contributed by atoms with van der Waals surface area (Å²) in [5.41, 5.74) is 0.379. The first-order valence-corrected chi connectivity index (χ1v) is 11.4. The van der Waals surface area contributed by atoms with E-state index in [0.717, 1.165) is 5.56 Å². The number of hydrogen-bond donors (Lipinski definition) is 0. The molecule has 0 radical (unpaired) electrons. The second-order valence-electron chi connectivity index (χ2n) is 8.73. The SMILES string of the molecule is CC[C@H]1C(=O)O[C@@]2(C(=O)N(Cc3ccccc3)c3ccccc32)[C@@H]([N+](=O)[O-])[C@@H]1c1ccccc1. The predicted molar refractivity (Wildman–Crippen MR) is 126 cm³/mol. The highest BCUT2D eigenvalue weighted by molar-refractivity contribution is 6.09. The Labute approximate surface area is 197 Å². The molecular formula is C27H24N2O5.